The summed E-state index contributed by atoms with van der Waals surface area (Å²) < 4.78 is 0. The molecule has 2 rings (SSSR count). The number of thiophene rings is 1. The molecule has 0 unspecified atom stereocenters. The van der Waals surface area contributed by atoms with E-state index in [2.05, 4.69) is 22.4 Å². The van der Waals surface area contributed by atoms with E-state index in [1.807, 2.05) is 19.9 Å². The molecule has 0 atom stereocenters. The van der Waals surface area contributed by atoms with Gasteiger partial charge in [-0.05, 0) is 31.5 Å². The summed E-state index contributed by atoms with van der Waals surface area (Å²) in [6, 6.07) is 6.16. The second kappa shape index (κ2) is 6.83. The Morgan fingerprint density at radius 3 is 2.90 bits per heavy atom. The summed E-state index contributed by atoms with van der Waals surface area (Å²) in [6.45, 7) is 5.43. The molecule has 0 saturated carbocycles. The van der Waals surface area contributed by atoms with Gasteiger partial charge in [0.1, 0.15) is 0 Å². The Balaban J connectivity index is 2.25. The summed E-state index contributed by atoms with van der Waals surface area (Å²) in [6.07, 6.45) is 0.735. The Kier molecular flexibility index (Phi) is 5.11. The van der Waals surface area contributed by atoms with Crippen molar-refractivity contribution in [2.75, 3.05) is 13.2 Å². The first-order chi connectivity index (χ1) is 9.65. The highest BCUT2D eigenvalue weighted by atomic mass is 32.1. The summed E-state index contributed by atoms with van der Waals surface area (Å²) >= 11 is 1.71. The molecule has 0 saturated heterocycles. The second-order valence-electron chi connectivity index (χ2n) is 4.68. The van der Waals surface area contributed by atoms with Gasteiger partial charge in [-0.15, -0.1) is 11.3 Å². The molecule has 4 nitrogen and oxygen atoms in total. The number of hydrogen-bond donors (Lipinski definition) is 3. The molecule has 0 aliphatic heterocycles. The third-order valence-corrected chi connectivity index (χ3v) is 4.33. The van der Waals surface area contributed by atoms with Gasteiger partial charge in [-0.3, -0.25) is 4.79 Å². The third-order valence-electron chi connectivity index (χ3n) is 3.21. The Hall–Kier alpha value is -1.43. The molecule has 0 spiro atoms. The van der Waals surface area contributed by atoms with Crippen molar-refractivity contribution in [3.8, 4) is 10.4 Å². The van der Waals surface area contributed by atoms with Gasteiger partial charge in [0.15, 0.2) is 0 Å². The summed E-state index contributed by atoms with van der Waals surface area (Å²) in [5.41, 5.74) is 2.83. The molecule has 0 aliphatic rings. The number of aliphatic hydroxyl groups excluding tert-OH is 1. The number of aromatic amines is 1. The van der Waals surface area contributed by atoms with Gasteiger partial charge in [0.25, 0.3) is 5.56 Å². The number of rotatable bonds is 6. The van der Waals surface area contributed by atoms with E-state index in [0.29, 0.717) is 6.54 Å². The van der Waals surface area contributed by atoms with Gasteiger partial charge in [0.2, 0.25) is 0 Å². The lowest BCUT2D eigenvalue weighted by atomic mass is 10.1. The average molecular weight is 292 g/mol. The highest BCUT2D eigenvalue weighted by Crippen LogP contribution is 2.29. The topological polar surface area (TPSA) is 65.1 Å². The van der Waals surface area contributed by atoms with E-state index in [1.165, 1.54) is 4.88 Å². The van der Waals surface area contributed by atoms with Crippen molar-refractivity contribution in [3.63, 3.8) is 0 Å². The number of hydrogen-bond acceptors (Lipinski definition) is 4. The molecule has 0 amide bonds. The lowest BCUT2D eigenvalue weighted by Crippen LogP contribution is -2.16. The average Bonchev–Trinajstić information content (AvgIpc) is 2.88. The van der Waals surface area contributed by atoms with Crippen LogP contribution in [0.1, 0.15) is 23.1 Å². The molecule has 20 heavy (non-hydrogen) atoms. The van der Waals surface area contributed by atoms with Crippen molar-refractivity contribution in [2.45, 2.75) is 26.8 Å². The maximum Gasteiger partial charge on any atom is 0.251 e. The highest BCUT2D eigenvalue weighted by molar-refractivity contribution is 7.15. The van der Waals surface area contributed by atoms with Gasteiger partial charge in [0.05, 0.1) is 6.61 Å². The standard InChI is InChI=1S/C15H20N2O2S/c1-3-11-8-13(10(2)17-15(11)19)14-5-4-12(20-14)9-16-6-7-18/h4-5,8,16,18H,3,6-7,9H2,1-2H3,(H,17,19). The van der Waals surface area contributed by atoms with E-state index in [1.54, 1.807) is 11.3 Å². The molecule has 0 bridgehead atoms. The minimum absolute atomic E-state index is 0.00939. The number of H-pyrrole nitrogens is 1. The third kappa shape index (κ3) is 3.36. The molecule has 0 radical (unpaired) electrons. The van der Waals surface area contributed by atoms with E-state index in [9.17, 15) is 4.79 Å². The lowest BCUT2D eigenvalue weighted by Gasteiger charge is -2.05. The van der Waals surface area contributed by atoms with Gasteiger partial charge >= 0.3 is 0 Å². The van der Waals surface area contributed by atoms with Crippen LogP contribution in [0.5, 0.6) is 0 Å². The van der Waals surface area contributed by atoms with Gasteiger partial charge in [-0.1, -0.05) is 6.92 Å². The molecule has 2 heterocycles. The highest BCUT2D eigenvalue weighted by Gasteiger charge is 2.09. The zero-order valence-corrected chi connectivity index (χ0v) is 12.6. The molecule has 2 aromatic rings. The fourth-order valence-electron chi connectivity index (χ4n) is 2.09. The summed E-state index contributed by atoms with van der Waals surface area (Å²) in [5.74, 6) is 0. The number of pyridine rings is 1. The van der Waals surface area contributed by atoms with E-state index in [0.717, 1.165) is 34.7 Å². The zero-order chi connectivity index (χ0) is 14.5. The van der Waals surface area contributed by atoms with Crippen molar-refractivity contribution >= 4 is 11.3 Å². The molecule has 2 aromatic heterocycles. The van der Waals surface area contributed by atoms with Crippen molar-refractivity contribution < 1.29 is 5.11 Å². The molecule has 108 valence electrons. The van der Waals surface area contributed by atoms with Crippen molar-refractivity contribution in [1.82, 2.24) is 10.3 Å². The van der Waals surface area contributed by atoms with Gasteiger partial charge in [-0.25, -0.2) is 0 Å². The number of aromatic nitrogens is 1. The SMILES string of the molecule is CCc1cc(-c2ccc(CNCCO)s2)c(C)[nH]c1=O. The van der Waals surface area contributed by atoms with Crippen LogP contribution in [0.2, 0.25) is 0 Å². The van der Waals surface area contributed by atoms with Crippen LogP contribution in [0.3, 0.4) is 0 Å². The Bertz CT molecular complexity index is 631. The first-order valence-corrected chi connectivity index (χ1v) is 7.60. The normalized spacial score (nSPS) is 10.9. The van der Waals surface area contributed by atoms with E-state index >= 15 is 0 Å². The predicted octanol–water partition coefficient (Wildman–Crippen LogP) is 2.06. The molecular weight excluding hydrogens is 272 g/mol. The van der Waals surface area contributed by atoms with E-state index in [-0.39, 0.29) is 12.2 Å². The Morgan fingerprint density at radius 2 is 2.20 bits per heavy atom. The summed E-state index contributed by atoms with van der Waals surface area (Å²) in [5, 5.41) is 11.9. The van der Waals surface area contributed by atoms with Crippen LogP contribution < -0.4 is 10.9 Å². The van der Waals surface area contributed by atoms with Crippen LogP contribution >= 0.6 is 11.3 Å². The van der Waals surface area contributed by atoms with Crippen LogP contribution in [-0.4, -0.2) is 23.2 Å². The van der Waals surface area contributed by atoms with Gasteiger partial charge in [-0.2, -0.15) is 0 Å². The minimum Gasteiger partial charge on any atom is -0.395 e. The first kappa shape index (κ1) is 15.0. The number of aryl methyl sites for hydroxylation is 2. The fourth-order valence-corrected chi connectivity index (χ4v) is 3.14. The molecular formula is C15H20N2O2S. The summed E-state index contributed by atoms with van der Waals surface area (Å²) in [7, 11) is 0. The maximum absolute atomic E-state index is 11.7. The number of aliphatic hydroxyl groups is 1. The zero-order valence-electron chi connectivity index (χ0n) is 11.8. The predicted molar refractivity (Wildman–Crippen MR) is 83.3 cm³/mol. The molecule has 3 N–H and O–H groups in total. The molecule has 5 heteroatoms. The lowest BCUT2D eigenvalue weighted by molar-refractivity contribution is 0.292. The van der Waals surface area contributed by atoms with Crippen LogP contribution in [0.4, 0.5) is 0 Å². The van der Waals surface area contributed by atoms with Crippen molar-refractivity contribution in [3.05, 3.63) is 44.7 Å². The monoisotopic (exact) mass is 292 g/mol. The smallest absolute Gasteiger partial charge is 0.251 e. The van der Waals surface area contributed by atoms with Crippen LogP contribution in [-0.2, 0) is 13.0 Å². The van der Waals surface area contributed by atoms with Gasteiger partial charge in [0, 0.05) is 39.7 Å². The Labute approximate surface area is 122 Å². The largest absolute Gasteiger partial charge is 0.395 e. The van der Waals surface area contributed by atoms with Gasteiger partial charge < -0.3 is 15.4 Å². The first-order valence-electron chi connectivity index (χ1n) is 6.79. The van der Waals surface area contributed by atoms with E-state index < -0.39 is 0 Å². The molecule has 0 aromatic carbocycles. The molecule has 0 fully saturated rings. The number of nitrogens with one attached hydrogen (secondary N) is 2. The van der Waals surface area contributed by atoms with E-state index in [4.69, 9.17) is 5.11 Å². The minimum atomic E-state index is 0.00939. The van der Waals surface area contributed by atoms with Crippen molar-refractivity contribution in [1.29, 1.82) is 0 Å². The maximum atomic E-state index is 11.7. The van der Waals surface area contributed by atoms with Crippen LogP contribution in [0, 0.1) is 6.92 Å². The quantitative estimate of drug-likeness (QED) is 0.714. The van der Waals surface area contributed by atoms with Crippen molar-refractivity contribution in [2.24, 2.45) is 0 Å². The fraction of sp³-hybridized carbons (Fsp3) is 0.400. The second-order valence-corrected chi connectivity index (χ2v) is 5.85. The molecule has 0 aliphatic carbocycles. The van der Waals surface area contributed by atoms with Crippen LogP contribution in [0.15, 0.2) is 23.0 Å². The van der Waals surface area contributed by atoms with Crippen LogP contribution in [0.25, 0.3) is 10.4 Å². The Morgan fingerprint density at radius 1 is 1.40 bits per heavy atom. The summed E-state index contributed by atoms with van der Waals surface area (Å²) in [4.78, 5) is 17.1.